The lowest BCUT2D eigenvalue weighted by Crippen LogP contribution is -2.17. The quantitative estimate of drug-likeness (QED) is 0.868. The summed E-state index contributed by atoms with van der Waals surface area (Å²) in [6.45, 7) is 6.97. The van der Waals surface area contributed by atoms with Gasteiger partial charge in [0.25, 0.3) is 0 Å². The van der Waals surface area contributed by atoms with E-state index in [1.165, 1.54) is 0 Å². The van der Waals surface area contributed by atoms with E-state index in [4.69, 9.17) is 10.2 Å². The van der Waals surface area contributed by atoms with Crippen molar-refractivity contribution in [3.63, 3.8) is 0 Å². The average Bonchev–Trinajstić information content (AvgIpc) is 2.97. The molecule has 0 aliphatic rings. The number of oxazole rings is 1. The highest BCUT2D eigenvalue weighted by Crippen LogP contribution is 2.19. The molecule has 2 heterocycles. The van der Waals surface area contributed by atoms with Crippen LogP contribution in [0.15, 0.2) is 23.1 Å². The van der Waals surface area contributed by atoms with Crippen LogP contribution in [0.5, 0.6) is 0 Å². The summed E-state index contributed by atoms with van der Waals surface area (Å²) in [4.78, 5) is 8.45. The summed E-state index contributed by atoms with van der Waals surface area (Å²) in [5.41, 5.74) is 7.25. The molecule has 1 unspecified atom stereocenters. The van der Waals surface area contributed by atoms with Crippen LogP contribution in [0.1, 0.15) is 50.6 Å². The van der Waals surface area contributed by atoms with Crippen LogP contribution in [0.3, 0.4) is 0 Å². The maximum Gasteiger partial charge on any atom is 0.214 e. The van der Waals surface area contributed by atoms with E-state index < -0.39 is 0 Å². The van der Waals surface area contributed by atoms with Crippen LogP contribution < -0.4 is 5.73 Å². The van der Waals surface area contributed by atoms with Gasteiger partial charge in [-0.2, -0.15) is 0 Å². The predicted octanol–water partition coefficient (Wildman–Crippen LogP) is 2.53. The first kappa shape index (κ1) is 13.8. The van der Waals surface area contributed by atoms with E-state index in [9.17, 15) is 0 Å². The second-order valence-corrected chi connectivity index (χ2v) is 5.26. The highest BCUT2D eigenvalue weighted by atomic mass is 16.4. The zero-order chi connectivity index (χ0) is 13.8. The van der Waals surface area contributed by atoms with Gasteiger partial charge < -0.3 is 14.7 Å². The highest BCUT2D eigenvalue weighted by molar-refractivity contribution is 5.06. The minimum atomic E-state index is 0.00288. The van der Waals surface area contributed by atoms with E-state index in [1.807, 2.05) is 17.7 Å². The zero-order valence-electron chi connectivity index (χ0n) is 11.8. The van der Waals surface area contributed by atoms with E-state index >= 15 is 0 Å². The van der Waals surface area contributed by atoms with Crippen LogP contribution in [-0.4, -0.2) is 14.5 Å². The van der Waals surface area contributed by atoms with Crippen LogP contribution in [0.2, 0.25) is 0 Å². The van der Waals surface area contributed by atoms with E-state index in [0.29, 0.717) is 18.4 Å². The maximum absolute atomic E-state index is 6.21. The van der Waals surface area contributed by atoms with Crippen molar-refractivity contribution in [2.75, 3.05) is 0 Å². The van der Waals surface area contributed by atoms with Crippen LogP contribution >= 0.6 is 0 Å². The Morgan fingerprint density at radius 2 is 2.16 bits per heavy atom. The van der Waals surface area contributed by atoms with Crippen molar-refractivity contribution in [3.8, 4) is 0 Å². The fourth-order valence-electron chi connectivity index (χ4n) is 2.13. The Bertz CT molecular complexity index is 515. The second kappa shape index (κ2) is 6.02. The topological polar surface area (TPSA) is 69.9 Å². The van der Waals surface area contributed by atoms with E-state index in [-0.39, 0.29) is 6.04 Å². The molecule has 19 heavy (non-hydrogen) atoms. The molecule has 2 aromatic rings. The molecule has 0 aromatic carbocycles. The Morgan fingerprint density at radius 3 is 2.79 bits per heavy atom. The molecule has 0 bridgehead atoms. The molecule has 5 heteroatoms. The van der Waals surface area contributed by atoms with Gasteiger partial charge in [0.1, 0.15) is 12.3 Å². The number of aryl methyl sites for hydroxylation is 1. The fraction of sp³-hybridized carbons (Fsp3) is 0.571. The molecule has 2 aromatic heterocycles. The number of aromatic nitrogens is 3. The van der Waals surface area contributed by atoms with Crippen molar-refractivity contribution in [2.24, 2.45) is 11.7 Å². The van der Waals surface area contributed by atoms with Gasteiger partial charge >= 0.3 is 0 Å². The number of rotatable bonds is 6. The third kappa shape index (κ3) is 3.44. The van der Waals surface area contributed by atoms with Crippen LogP contribution in [0.25, 0.3) is 0 Å². The minimum absolute atomic E-state index is 0.00288. The van der Waals surface area contributed by atoms with Gasteiger partial charge in [-0.15, -0.1) is 0 Å². The highest BCUT2D eigenvalue weighted by Gasteiger charge is 2.14. The van der Waals surface area contributed by atoms with Gasteiger partial charge in [-0.05, 0) is 12.3 Å². The molecule has 2 N–H and O–H groups in total. The zero-order valence-corrected chi connectivity index (χ0v) is 11.8. The Morgan fingerprint density at radius 1 is 1.37 bits per heavy atom. The summed E-state index contributed by atoms with van der Waals surface area (Å²) in [6, 6.07) is 0.00288. The van der Waals surface area contributed by atoms with Gasteiger partial charge in [0.2, 0.25) is 5.89 Å². The van der Waals surface area contributed by atoms with E-state index in [2.05, 4.69) is 23.8 Å². The molecule has 0 spiro atoms. The van der Waals surface area contributed by atoms with E-state index in [1.54, 1.807) is 12.5 Å². The SMILES string of the molecule is CCc1cnc(Cn2cncc2C(N)CC(C)C)o1. The third-order valence-corrected chi connectivity index (χ3v) is 3.11. The molecule has 0 amide bonds. The van der Waals surface area contributed by atoms with Crippen molar-refractivity contribution < 1.29 is 4.42 Å². The van der Waals surface area contributed by atoms with Crippen molar-refractivity contribution in [1.29, 1.82) is 0 Å². The van der Waals surface area contributed by atoms with Gasteiger partial charge in [-0.1, -0.05) is 20.8 Å². The molecule has 0 radical (unpaired) electrons. The van der Waals surface area contributed by atoms with Gasteiger partial charge in [0.15, 0.2) is 0 Å². The molecule has 5 nitrogen and oxygen atoms in total. The lowest BCUT2D eigenvalue weighted by atomic mass is 10.0. The summed E-state index contributed by atoms with van der Waals surface area (Å²) < 4.78 is 7.63. The summed E-state index contributed by atoms with van der Waals surface area (Å²) in [6.07, 6.45) is 7.19. The van der Waals surface area contributed by atoms with Gasteiger partial charge in [-0.25, -0.2) is 9.97 Å². The van der Waals surface area contributed by atoms with E-state index in [0.717, 1.165) is 24.3 Å². The largest absolute Gasteiger partial charge is 0.444 e. The van der Waals surface area contributed by atoms with Crippen molar-refractivity contribution >= 4 is 0 Å². The van der Waals surface area contributed by atoms with Crippen molar-refractivity contribution in [2.45, 2.75) is 46.2 Å². The number of nitrogens with zero attached hydrogens (tertiary/aromatic N) is 3. The van der Waals surface area contributed by atoms with Gasteiger partial charge in [-0.3, -0.25) is 0 Å². The second-order valence-electron chi connectivity index (χ2n) is 5.26. The minimum Gasteiger partial charge on any atom is -0.444 e. The Kier molecular flexibility index (Phi) is 4.37. The normalized spacial score (nSPS) is 13.1. The first-order chi connectivity index (χ1) is 9.10. The molecule has 0 aliphatic carbocycles. The Hall–Kier alpha value is -1.62. The molecule has 1 atom stereocenters. The third-order valence-electron chi connectivity index (χ3n) is 3.11. The summed E-state index contributed by atoms with van der Waals surface area (Å²) in [7, 11) is 0. The molecule has 104 valence electrons. The summed E-state index contributed by atoms with van der Waals surface area (Å²) in [5, 5.41) is 0. The van der Waals surface area contributed by atoms with Crippen LogP contribution in [0.4, 0.5) is 0 Å². The number of imidazole rings is 1. The lowest BCUT2D eigenvalue weighted by Gasteiger charge is -2.15. The van der Waals surface area contributed by atoms with Crippen molar-refractivity contribution in [1.82, 2.24) is 14.5 Å². The molecule has 0 aliphatic heterocycles. The molecular weight excluding hydrogens is 240 g/mol. The molecule has 0 saturated heterocycles. The monoisotopic (exact) mass is 262 g/mol. The Balaban J connectivity index is 2.10. The smallest absolute Gasteiger partial charge is 0.214 e. The molecular formula is C14H22N4O. The molecule has 0 saturated carbocycles. The Labute approximate surface area is 113 Å². The lowest BCUT2D eigenvalue weighted by molar-refractivity contribution is 0.433. The maximum atomic E-state index is 6.21. The standard InChI is InChI=1S/C14H22N4O/c1-4-11-6-17-14(19-11)8-18-9-16-7-13(18)12(15)5-10(2)3/h6-7,9-10,12H,4-5,8,15H2,1-3H3. The van der Waals surface area contributed by atoms with Crippen molar-refractivity contribution in [3.05, 3.63) is 36.1 Å². The van der Waals surface area contributed by atoms with Crippen LogP contribution in [-0.2, 0) is 13.0 Å². The van der Waals surface area contributed by atoms with Crippen LogP contribution in [0, 0.1) is 5.92 Å². The van der Waals surface area contributed by atoms with Gasteiger partial charge in [0, 0.05) is 18.7 Å². The average molecular weight is 262 g/mol. The number of hydrogen-bond acceptors (Lipinski definition) is 4. The summed E-state index contributed by atoms with van der Waals surface area (Å²) >= 11 is 0. The first-order valence-electron chi connectivity index (χ1n) is 6.79. The molecule has 2 rings (SSSR count). The molecule has 0 fully saturated rings. The summed E-state index contributed by atoms with van der Waals surface area (Å²) in [5.74, 6) is 2.17. The first-order valence-corrected chi connectivity index (χ1v) is 6.79. The fourth-order valence-corrected chi connectivity index (χ4v) is 2.13. The number of nitrogens with two attached hydrogens (primary N) is 1. The van der Waals surface area contributed by atoms with Gasteiger partial charge in [0.05, 0.1) is 18.2 Å². The predicted molar refractivity (Wildman–Crippen MR) is 73.6 cm³/mol. The number of hydrogen-bond donors (Lipinski definition) is 1.